The van der Waals surface area contributed by atoms with Crippen molar-refractivity contribution < 1.29 is 9.72 Å². The zero-order chi connectivity index (χ0) is 20.3. The summed E-state index contributed by atoms with van der Waals surface area (Å²) >= 11 is 0. The standard InChI is InChI=1S/C19H17N5O4/c1-12(20-21-18(25)14-7-6-10-16(11-14)24(27)28)17-13(2)22-23(19(17)26)15-8-4-3-5-9-15/h3-11,22H,1-2H3,(H,21,25)/b20-12+. The summed E-state index contributed by atoms with van der Waals surface area (Å²) in [5.74, 6) is -0.611. The van der Waals surface area contributed by atoms with E-state index in [9.17, 15) is 19.7 Å². The van der Waals surface area contributed by atoms with Crippen molar-refractivity contribution in [2.24, 2.45) is 5.10 Å². The molecule has 0 fully saturated rings. The van der Waals surface area contributed by atoms with Gasteiger partial charge in [-0.3, -0.25) is 24.8 Å². The third-order valence-electron chi connectivity index (χ3n) is 4.09. The van der Waals surface area contributed by atoms with Gasteiger partial charge in [-0.2, -0.15) is 5.10 Å². The first-order valence-corrected chi connectivity index (χ1v) is 8.35. The van der Waals surface area contributed by atoms with Crippen molar-refractivity contribution in [1.29, 1.82) is 0 Å². The van der Waals surface area contributed by atoms with Crippen molar-refractivity contribution in [2.75, 3.05) is 0 Å². The molecule has 0 atom stereocenters. The van der Waals surface area contributed by atoms with E-state index >= 15 is 0 Å². The Morgan fingerprint density at radius 2 is 1.89 bits per heavy atom. The summed E-state index contributed by atoms with van der Waals surface area (Å²) in [5.41, 5.74) is 3.86. The number of hydrogen-bond donors (Lipinski definition) is 2. The zero-order valence-electron chi connectivity index (χ0n) is 15.2. The number of para-hydroxylation sites is 1. The van der Waals surface area contributed by atoms with E-state index < -0.39 is 10.8 Å². The number of benzene rings is 2. The molecule has 0 saturated carbocycles. The van der Waals surface area contributed by atoms with Gasteiger partial charge in [-0.05, 0) is 32.0 Å². The number of amides is 1. The van der Waals surface area contributed by atoms with Gasteiger partial charge in [0, 0.05) is 23.4 Å². The van der Waals surface area contributed by atoms with Crippen LogP contribution in [0, 0.1) is 17.0 Å². The fourth-order valence-corrected chi connectivity index (χ4v) is 2.75. The fraction of sp³-hybridized carbons (Fsp3) is 0.105. The second-order valence-electron chi connectivity index (χ2n) is 6.03. The molecule has 0 aliphatic rings. The number of nitro benzene ring substituents is 1. The van der Waals surface area contributed by atoms with Gasteiger partial charge in [0.1, 0.15) is 0 Å². The number of carbonyl (C=O) groups is 1. The molecular formula is C19H17N5O4. The maximum Gasteiger partial charge on any atom is 0.280 e. The predicted octanol–water partition coefficient (Wildman–Crippen LogP) is 2.54. The Kier molecular flexibility index (Phi) is 5.16. The minimum Gasteiger partial charge on any atom is -0.295 e. The maximum absolute atomic E-state index is 12.7. The lowest BCUT2D eigenvalue weighted by molar-refractivity contribution is -0.384. The zero-order valence-corrected chi connectivity index (χ0v) is 15.2. The second-order valence-corrected chi connectivity index (χ2v) is 6.03. The molecule has 0 spiro atoms. The lowest BCUT2D eigenvalue weighted by atomic mass is 10.2. The summed E-state index contributed by atoms with van der Waals surface area (Å²) < 4.78 is 1.39. The Bertz CT molecular complexity index is 1130. The number of rotatable bonds is 5. The summed E-state index contributed by atoms with van der Waals surface area (Å²) in [7, 11) is 0. The molecule has 1 heterocycles. The second kappa shape index (κ2) is 7.70. The van der Waals surface area contributed by atoms with E-state index in [4.69, 9.17) is 0 Å². The average Bonchev–Trinajstić information content (AvgIpc) is 3.00. The highest BCUT2D eigenvalue weighted by molar-refractivity contribution is 6.01. The number of nitrogens with one attached hydrogen (secondary N) is 2. The summed E-state index contributed by atoms with van der Waals surface area (Å²) in [4.78, 5) is 35.2. The van der Waals surface area contributed by atoms with Gasteiger partial charge in [0.2, 0.25) is 0 Å². The predicted molar refractivity (Wildman–Crippen MR) is 104 cm³/mol. The first kappa shape index (κ1) is 18.8. The molecular weight excluding hydrogens is 362 g/mol. The monoisotopic (exact) mass is 379 g/mol. The topological polar surface area (TPSA) is 122 Å². The highest BCUT2D eigenvalue weighted by Gasteiger charge is 2.16. The third kappa shape index (κ3) is 3.73. The van der Waals surface area contributed by atoms with E-state index in [2.05, 4.69) is 15.6 Å². The molecule has 142 valence electrons. The van der Waals surface area contributed by atoms with Crippen molar-refractivity contribution in [2.45, 2.75) is 13.8 Å². The minimum atomic E-state index is -0.611. The molecule has 3 aromatic rings. The van der Waals surface area contributed by atoms with E-state index in [-0.39, 0.29) is 16.8 Å². The summed E-state index contributed by atoms with van der Waals surface area (Å²) in [5, 5.41) is 17.8. The van der Waals surface area contributed by atoms with E-state index in [0.29, 0.717) is 22.7 Å². The molecule has 0 unspecified atom stereocenters. The molecule has 2 aromatic carbocycles. The van der Waals surface area contributed by atoms with Gasteiger partial charge >= 0.3 is 0 Å². The number of hydrazone groups is 1. The van der Waals surface area contributed by atoms with E-state index in [0.717, 1.165) is 6.07 Å². The van der Waals surface area contributed by atoms with Crippen molar-refractivity contribution in [3.63, 3.8) is 0 Å². The van der Waals surface area contributed by atoms with Crippen LogP contribution >= 0.6 is 0 Å². The first-order chi connectivity index (χ1) is 13.4. The normalized spacial score (nSPS) is 11.3. The number of aromatic amines is 1. The number of carbonyl (C=O) groups excluding carboxylic acids is 1. The lowest BCUT2D eigenvalue weighted by Crippen LogP contribution is -2.23. The van der Waals surface area contributed by atoms with Crippen LogP contribution in [0.4, 0.5) is 5.69 Å². The van der Waals surface area contributed by atoms with Crippen LogP contribution in [-0.4, -0.2) is 26.3 Å². The molecule has 1 aromatic heterocycles. The highest BCUT2D eigenvalue weighted by atomic mass is 16.6. The Morgan fingerprint density at radius 3 is 2.57 bits per heavy atom. The summed E-state index contributed by atoms with van der Waals surface area (Å²) in [6.07, 6.45) is 0. The van der Waals surface area contributed by atoms with Crippen LogP contribution in [0.1, 0.15) is 28.5 Å². The molecule has 0 aliphatic carbocycles. The van der Waals surface area contributed by atoms with E-state index in [1.165, 1.54) is 22.9 Å². The van der Waals surface area contributed by atoms with E-state index in [1.54, 1.807) is 26.0 Å². The van der Waals surface area contributed by atoms with Crippen LogP contribution in [0.3, 0.4) is 0 Å². The van der Waals surface area contributed by atoms with Crippen molar-refractivity contribution in [3.8, 4) is 5.69 Å². The summed E-state index contributed by atoms with van der Waals surface area (Å²) in [6, 6.07) is 14.4. The number of non-ortho nitro benzene ring substituents is 1. The molecule has 3 rings (SSSR count). The van der Waals surface area contributed by atoms with Crippen LogP contribution < -0.4 is 11.0 Å². The van der Waals surface area contributed by atoms with Gasteiger partial charge < -0.3 is 0 Å². The van der Waals surface area contributed by atoms with Gasteiger partial charge in [-0.1, -0.05) is 24.3 Å². The van der Waals surface area contributed by atoms with Crippen molar-refractivity contribution in [1.82, 2.24) is 15.2 Å². The SMILES string of the molecule is C/C(=N\NC(=O)c1cccc([N+](=O)[O-])c1)c1c(C)[nH]n(-c2ccccc2)c1=O. The molecule has 1 amide bonds. The molecule has 0 aliphatic heterocycles. The van der Waals surface area contributed by atoms with Crippen LogP contribution in [-0.2, 0) is 0 Å². The number of nitro groups is 1. The van der Waals surface area contributed by atoms with Gasteiger partial charge in [0.05, 0.1) is 21.9 Å². The molecule has 0 radical (unpaired) electrons. The Balaban J connectivity index is 1.86. The van der Waals surface area contributed by atoms with Gasteiger partial charge in [-0.25, -0.2) is 10.1 Å². The molecule has 0 bridgehead atoms. The minimum absolute atomic E-state index is 0.0956. The molecule has 9 nitrogen and oxygen atoms in total. The Morgan fingerprint density at radius 1 is 1.18 bits per heavy atom. The average molecular weight is 379 g/mol. The van der Waals surface area contributed by atoms with Crippen LogP contribution in [0.15, 0.2) is 64.5 Å². The number of aromatic nitrogens is 2. The third-order valence-corrected chi connectivity index (χ3v) is 4.09. The quantitative estimate of drug-likeness (QED) is 0.402. The highest BCUT2D eigenvalue weighted by Crippen LogP contribution is 2.13. The van der Waals surface area contributed by atoms with Crippen LogP contribution in [0.5, 0.6) is 0 Å². The Labute approximate surface area is 159 Å². The van der Waals surface area contributed by atoms with Crippen molar-refractivity contribution >= 4 is 17.3 Å². The molecule has 28 heavy (non-hydrogen) atoms. The van der Waals surface area contributed by atoms with Gasteiger partial charge in [-0.15, -0.1) is 0 Å². The number of nitrogens with zero attached hydrogens (tertiary/aromatic N) is 3. The van der Waals surface area contributed by atoms with Gasteiger partial charge in [0.25, 0.3) is 17.2 Å². The van der Waals surface area contributed by atoms with Crippen molar-refractivity contribution in [3.05, 3.63) is 91.9 Å². The van der Waals surface area contributed by atoms with E-state index in [1.807, 2.05) is 18.2 Å². The molecule has 2 N–H and O–H groups in total. The van der Waals surface area contributed by atoms with Crippen LogP contribution in [0.25, 0.3) is 5.69 Å². The molecule has 9 heteroatoms. The first-order valence-electron chi connectivity index (χ1n) is 8.35. The smallest absolute Gasteiger partial charge is 0.280 e. The largest absolute Gasteiger partial charge is 0.295 e. The summed E-state index contributed by atoms with van der Waals surface area (Å²) in [6.45, 7) is 3.33. The lowest BCUT2D eigenvalue weighted by Gasteiger charge is -2.02. The maximum atomic E-state index is 12.7. The Hall–Kier alpha value is -4.01. The fourth-order valence-electron chi connectivity index (χ4n) is 2.75. The number of H-pyrrole nitrogens is 1. The van der Waals surface area contributed by atoms with Gasteiger partial charge in [0.15, 0.2) is 0 Å². The molecule has 0 saturated heterocycles. The van der Waals surface area contributed by atoms with Crippen LogP contribution in [0.2, 0.25) is 0 Å². The number of hydrogen-bond acceptors (Lipinski definition) is 5. The number of aryl methyl sites for hydroxylation is 1.